The summed E-state index contributed by atoms with van der Waals surface area (Å²) in [4.78, 5) is 2.52. The first-order chi connectivity index (χ1) is 13.2. The Morgan fingerprint density at radius 2 is 1.56 bits per heavy atom. The normalized spacial score (nSPS) is 11.7. The summed E-state index contributed by atoms with van der Waals surface area (Å²) in [5.74, 6) is 0. The largest absolute Gasteiger partial charge is 0.618 e. The molecule has 3 nitrogen and oxygen atoms in total. The van der Waals surface area contributed by atoms with E-state index >= 15 is 0 Å². The van der Waals surface area contributed by atoms with Crippen LogP contribution in [-0.2, 0) is 6.42 Å². The van der Waals surface area contributed by atoms with Gasteiger partial charge in [-0.25, -0.2) is 0 Å². The van der Waals surface area contributed by atoms with Crippen LogP contribution in [-0.4, -0.2) is 24.5 Å². The molecule has 27 heavy (non-hydrogen) atoms. The summed E-state index contributed by atoms with van der Waals surface area (Å²) in [6.45, 7) is 7.65. The van der Waals surface area contributed by atoms with Gasteiger partial charge in [-0.3, -0.25) is 0 Å². The van der Waals surface area contributed by atoms with E-state index in [4.69, 9.17) is 0 Å². The van der Waals surface area contributed by atoms with E-state index in [2.05, 4.69) is 52.9 Å². The molecule has 0 radical (unpaired) electrons. The number of unbranched alkanes of at least 4 members (excludes halogenated alkanes) is 2. The fraction of sp³-hybridized carbons (Fsp3) is 0.435. The van der Waals surface area contributed by atoms with E-state index in [-0.39, 0.29) is 0 Å². The second kappa shape index (κ2) is 9.52. The number of hydrogen-bond acceptors (Lipinski definition) is 2. The van der Waals surface area contributed by atoms with Crippen molar-refractivity contribution in [2.45, 2.75) is 46.0 Å². The van der Waals surface area contributed by atoms with Crippen LogP contribution in [0.4, 0.5) is 0 Å². The summed E-state index contributed by atoms with van der Waals surface area (Å²) < 4.78 is 2.15. The summed E-state index contributed by atoms with van der Waals surface area (Å²) in [5, 5.41) is 16.4. The molecule has 144 valence electrons. The van der Waals surface area contributed by atoms with Crippen molar-refractivity contribution in [1.82, 2.24) is 4.90 Å². The second-order valence-electron chi connectivity index (χ2n) is 7.25. The van der Waals surface area contributed by atoms with E-state index in [1.165, 1.54) is 25.7 Å². The molecule has 0 aliphatic rings. The Kier molecular flexibility index (Phi) is 7.08. The number of halogens is 1. The van der Waals surface area contributed by atoms with Crippen molar-refractivity contribution in [1.29, 1.82) is 0 Å². The van der Waals surface area contributed by atoms with Gasteiger partial charge in [0.1, 0.15) is 0 Å². The van der Waals surface area contributed by atoms with E-state index < -0.39 is 0 Å². The molecule has 0 amide bonds. The highest BCUT2D eigenvalue weighted by Gasteiger charge is 2.19. The van der Waals surface area contributed by atoms with Crippen molar-refractivity contribution >= 4 is 37.6 Å². The minimum Gasteiger partial charge on any atom is -0.618 e. The van der Waals surface area contributed by atoms with Crippen LogP contribution in [0.25, 0.3) is 21.7 Å². The third-order valence-electron chi connectivity index (χ3n) is 5.27. The molecule has 0 unspecified atom stereocenters. The third kappa shape index (κ3) is 4.61. The van der Waals surface area contributed by atoms with E-state index in [9.17, 15) is 5.21 Å². The lowest BCUT2D eigenvalue weighted by atomic mass is 10.0. The van der Waals surface area contributed by atoms with Crippen LogP contribution >= 0.6 is 15.9 Å². The van der Waals surface area contributed by atoms with E-state index in [0.29, 0.717) is 0 Å². The molecule has 0 aliphatic carbocycles. The minimum atomic E-state index is 0.751. The maximum absolute atomic E-state index is 13.2. The Labute approximate surface area is 170 Å². The SMILES string of the molecule is CCCCN(CCCC)CCc1c2ccccc2c2cc(Br)ccc2[n+]1[O-]. The monoisotopic (exact) mass is 428 g/mol. The van der Waals surface area contributed by atoms with Gasteiger partial charge in [-0.1, -0.05) is 60.8 Å². The summed E-state index contributed by atoms with van der Waals surface area (Å²) in [6, 6.07) is 14.2. The zero-order chi connectivity index (χ0) is 19.2. The van der Waals surface area contributed by atoms with Crippen LogP contribution < -0.4 is 4.73 Å². The Bertz CT molecular complexity index is 902. The first-order valence-corrected chi connectivity index (χ1v) is 10.9. The molecule has 3 rings (SSSR count). The van der Waals surface area contributed by atoms with E-state index in [0.717, 1.165) is 62.6 Å². The van der Waals surface area contributed by atoms with Crippen molar-refractivity contribution in [3.05, 3.63) is 57.8 Å². The van der Waals surface area contributed by atoms with Crippen molar-refractivity contribution in [3.63, 3.8) is 0 Å². The molecule has 0 spiro atoms. The van der Waals surface area contributed by atoms with Crippen LogP contribution in [0, 0.1) is 5.21 Å². The van der Waals surface area contributed by atoms with Crippen LogP contribution in [0.2, 0.25) is 0 Å². The Balaban J connectivity index is 1.97. The zero-order valence-electron chi connectivity index (χ0n) is 16.4. The first kappa shape index (κ1) is 20.1. The van der Waals surface area contributed by atoms with Gasteiger partial charge >= 0.3 is 0 Å². The topological polar surface area (TPSA) is 30.2 Å². The van der Waals surface area contributed by atoms with Gasteiger partial charge in [-0.05, 0) is 44.1 Å². The fourth-order valence-corrected chi connectivity index (χ4v) is 4.09. The molecule has 0 bridgehead atoms. The van der Waals surface area contributed by atoms with Gasteiger partial charge in [0, 0.05) is 28.9 Å². The highest BCUT2D eigenvalue weighted by Crippen LogP contribution is 2.28. The number of benzene rings is 2. The maximum Gasteiger partial charge on any atom is 0.224 e. The molecule has 4 heteroatoms. The molecule has 0 N–H and O–H groups in total. The highest BCUT2D eigenvalue weighted by atomic mass is 79.9. The molecule has 0 saturated carbocycles. The molecule has 0 atom stereocenters. The molecular weight excluding hydrogens is 400 g/mol. The summed E-state index contributed by atoms with van der Waals surface area (Å²) in [5.41, 5.74) is 1.64. The number of pyridine rings is 1. The molecular formula is C23H29BrN2O. The maximum atomic E-state index is 13.2. The number of hydrogen-bond donors (Lipinski definition) is 0. The molecule has 0 saturated heterocycles. The predicted octanol–water partition coefficient (Wildman–Crippen LogP) is 5.83. The zero-order valence-corrected chi connectivity index (χ0v) is 18.0. The Morgan fingerprint density at radius 1 is 0.889 bits per heavy atom. The van der Waals surface area contributed by atoms with Gasteiger partial charge < -0.3 is 10.1 Å². The number of aromatic nitrogens is 1. The van der Waals surface area contributed by atoms with Gasteiger partial charge in [0.25, 0.3) is 0 Å². The molecule has 0 fully saturated rings. The van der Waals surface area contributed by atoms with E-state index in [1.54, 1.807) is 0 Å². The molecule has 3 aromatic rings. The molecule has 0 aliphatic heterocycles. The second-order valence-corrected chi connectivity index (χ2v) is 8.16. The van der Waals surface area contributed by atoms with Crippen LogP contribution in [0.15, 0.2) is 46.9 Å². The average molecular weight is 429 g/mol. The summed E-state index contributed by atoms with van der Waals surface area (Å²) in [7, 11) is 0. The van der Waals surface area contributed by atoms with Crippen LogP contribution in [0.5, 0.6) is 0 Å². The standard InChI is InChI=1S/C23H29BrN2O/c1-3-5-14-25(15-6-4-2)16-13-23-20-10-8-7-9-19(20)21-17-18(24)11-12-22(21)26(23)27/h7-12,17H,3-6,13-16H2,1-2H3. The third-order valence-corrected chi connectivity index (χ3v) is 5.76. The fourth-order valence-electron chi connectivity index (χ4n) is 3.72. The Morgan fingerprint density at radius 3 is 2.22 bits per heavy atom. The van der Waals surface area contributed by atoms with Crippen molar-refractivity contribution in [2.75, 3.05) is 19.6 Å². The van der Waals surface area contributed by atoms with Gasteiger partial charge in [0.05, 0.1) is 10.8 Å². The lowest BCUT2D eigenvalue weighted by molar-refractivity contribution is -0.584. The first-order valence-electron chi connectivity index (χ1n) is 10.1. The number of nitrogens with zero attached hydrogens (tertiary/aromatic N) is 2. The summed E-state index contributed by atoms with van der Waals surface area (Å²) >= 11 is 3.54. The van der Waals surface area contributed by atoms with Crippen LogP contribution in [0.1, 0.15) is 45.2 Å². The van der Waals surface area contributed by atoms with Gasteiger partial charge in [0.15, 0.2) is 0 Å². The number of fused-ring (bicyclic) bond motifs is 3. The number of rotatable bonds is 9. The minimum absolute atomic E-state index is 0.751. The van der Waals surface area contributed by atoms with Gasteiger partial charge in [-0.2, -0.15) is 4.73 Å². The average Bonchev–Trinajstić information content (AvgIpc) is 2.69. The molecule has 1 aromatic heterocycles. The van der Waals surface area contributed by atoms with Gasteiger partial charge in [0.2, 0.25) is 11.2 Å². The molecule has 2 aromatic carbocycles. The van der Waals surface area contributed by atoms with Gasteiger partial charge in [-0.15, -0.1) is 0 Å². The lowest BCUT2D eigenvalue weighted by Crippen LogP contribution is -2.36. The smallest absolute Gasteiger partial charge is 0.224 e. The predicted molar refractivity (Wildman–Crippen MR) is 118 cm³/mol. The van der Waals surface area contributed by atoms with E-state index in [1.807, 2.05) is 24.3 Å². The lowest BCUT2D eigenvalue weighted by Gasteiger charge is -2.22. The van der Waals surface area contributed by atoms with Crippen molar-refractivity contribution in [2.24, 2.45) is 0 Å². The quantitative estimate of drug-likeness (QED) is 0.243. The Hall–Kier alpha value is -1.65. The summed E-state index contributed by atoms with van der Waals surface area (Å²) in [6.07, 6.45) is 5.63. The van der Waals surface area contributed by atoms with Crippen molar-refractivity contribution in [3.8, 4) is 0 Å². The van der Waals surface area contributed by atoms with Crippen LogP contribution in [0.3, 0.4) is 0 Å². The highest BCUT2D eigenvalue weighted by molar-refractivity contribution is 9.10. The molecule has 1 heterocycles. The van der Waals surface area contributed by atoms with Crippen molar-refractivity contribution < 1.29 is 4.73 Å².